The summed E-state index contributed by atoms with van der Waals surface area (Å²) < 4.78 is 5.26. The van der Waals surface area contributed by atoms with Crippen molar-refractivity contribution >= 4 is 5.91 Å². The van der Waals surface area contributed by atoms with Gasteiger partial charge in [-0.15, -0.1) is 0 Å². The topological polar surface area (TPSA) is 64.3 Å². The Morgan fingerprint density at radius 1 is 1.40 bits per heavy atom. The van der Waals surface area contributed by atoms with Gasteiger partial charge in [0.25, 0.3) is 0 Å². The van der Waals surface area contributed by atoms with Gasteiger partial charge in [-0.1, -0.05) is 24.6 Å². The summed E-state index contributed by atoms with van der Waals surface area (Å²) in [4.78, 5) is 12.0. The first-order valence-corrected chi connectivity index (χ1v) is 7.33. The average molecular weight is 276 g/mol. The third-order valence-electron chi connectivity index (χ3n) is 3.95. The number of hydrogen-bond acceptors (Lipinski definition) is 3. The molecule has 0 spiro atoms. The second-order valence-electron chi connectivity index (χ2n) is 5.59. The van der Waals surface area contributed by atoms with Gasteiger partial charge >= 0.3 is 0 Å². The number of nitrogens with one attached hydrogen (secondary N) is 1. The van der Waals surface area contributed by atoms with Gasteiger partial charge < -0.3 is 15.8 Å². The molecule has 1 aromatic rings. The van der Waals surface area contributed by atoms with Crippen molar-refractivity contribution in [2.45, 2.75) is 38.1 Å². The summed E-state index contributed by atoms with van der Waals surface area (Å²) in [5.41, 5.74) is 6.89. The van der Waals surface area contributed by atoms with Crippen LogP contribution in [0.15, 0.2) is 24.3 Å². The molecule has 2 rings (SSSR count). The Kier molecular flexibility index (Phi) is 5.41. The van der Waals surface area contributed by atoms with E-state index in [1.54, 1.807) is 7.11 Å². The zero-order chi connectivity index (χ0) is 14.4. The first kappa shape index (κ1) is 14.9. The van der Waals surface area contributed by atoms with E-state index in [2.05, 4.69) is 5.32 Å². The molecule has 1 fully saturated rings. The second kappa shape index (κ2) is 7.29. The number of methoxy groups -OCH3 is 1. The molecule has 1 aromatic carbocycles. The van der Waals surface area contributed by atoms with Gasteiger partial charge in [0.2, 0.25) is 5.91 Å². The van der Waals surface area contributed by atoms with Crippen molar-refractivity contribution in [3.8, 4) is 5.75 Å². The van der Waals surface area contributed by atoms with Gasteiger partial charge in [-0.2, -0.15) is 0 Å². The molecule has 0 aromatic heterocycles. The van der Waals surface area contributed by atoms with Crippen LogP contribution in [-0.4, -0.2) is 25.6 Å². The minimum Gasteiger partial charge on any atom is -0.496 e. The summed E-state index contributed by atoms with van der Waals surface area (Å²) in [6, 6.07) is 7.94. The molecule has 2 unspecified atom stereocenters. The number of carbonyl (C=O) groups excluding carboxylic acids is 1. The van der Waals surface area contributed by atoms with E-state index in [9.17, 15) is 4.79 Å². The Morgan fingerprint density at radius 3 is 2.95 bits per heavy atom. The fourth-order valence-corrected chi connectivity index (χ4v) is 2.86. The minimum atomic E-state index is 0.0497. The number of amides is 1. The van der Waals surface area contributed by atoms with Crippen LogP contribution in [0.2, 0.25) is 0 Å². The van der Waals surface area contributed by atoms with E-state index in [1.807, 2.05) is 24.3 Å². The fraction of sp³-hybridized carbons (Fsp3) is 0.562. The van der Waals surface area contributed by atoms with Crippen LogP contribution in [0.25, 0.3) is 0 Å². The van der Waals surface area contributed by atoms with E-state index in [0.29, 0.717) is 18.4 Å². The zero-order valence-corrected chi connectivity index (χ0v) is 12.1. The normalized spacial score (nSPS) is 22.3. The highest BCUT2D eigenvalue weighted by Crippen LogP contribution is 2.22. The number of rotatable bonds is 5. The van der Waals surface area contributed by atoms with E-state index >= 15 is 0 Å². The predicted octanol–water partition coefficient (Wildman–Crippen LogP) is 1.87. The van der Waals surface area contributed by atoms with Gasteiger partial charge in [-0.3, -0.25) is 4.79 Å². The van der Waals surface area contributed by atoms with Gasteiger partial charge in [-0.05, 0) is 31.2 Å². The standard InChI is InChI=1S/C16H24N2O2/c1-20-15-8-3-2-6-13(15)10-16(19)18-11-12-5-4-7-14(17)9-12/h2-3,6,8,12,14H,4-5,7,9-11,17H2,1H3,(H,18,19). The summed E-state index contributed by atoms with van der Waals surface area (Å²) in [6.07, 6.45) is 4.85. The van der Waals surface area contributed by atoms with Gasteiger partial charge in [0.05, 0.1) is 13.5 Å². The maximum absolute atomic E-state index is 12.0. The molecule has 110 valence electrons. The highest BCUT2D eigenvalue weighted by Gasteiger charge is 2.19. The Morgan fingerprint density at radius 2 is 2.20 bits per heavy atom. The van der Waals surface area contributed by atoms with Gasteiger partial charge in [0.1, 0.15) is 5.75 Å². The Labute approximate surface area is 120 Å². The van der Waals surface area contributed by atoms with E-state index in [1.165, 1.54) is 12.8 Å². The molecule has 3 N–H and O–H groups in total. The molecule has 4 heteroatoms. The lowest BCUT2D eigenvalue weighted by molar-refractivity contribution is -0.120. The summed E-state index contributed by atoms with van der Waals surface area (Å²) >= 11 is 0. The SMILES string of the molecule is COc1ccccc1CC(=O)NCC1CCCC(N)C1. The van der Waals surface area contributed by atoms with Crippen LogP contribution in [-0.2, 0) is 11.2 Å². The van der Waals surface area contributed by atoms with E-state index in [-0.39, 0.29) is 5.91 Å². The number of para-hydroxylation sites is 1. The maximum atomic E-state index is 12.0. The molecular weight excluding hydrogens is 252 g/mol. The number of nitrogens with two attached hydrogens (primary N) is 1. The van der Waals surface area contributed by atoms with Crippen molar-refractivity contribution in [1.82, 2.24) is 5.32 Å². The quantitative estimate of drug-likeness (QED) is 0.863. The average Bonchev–Trinajstić information content (AvgIpc) is 2.46. The van der Waals surface area contributed by atoms with Crippen LogP contribution < -0.4 is 15.8 Å². The highest BCUT2D eigenvalue weighted by molar-refractivity contribution is 5.79. The number of hydrogen-bond donors (Lipinski definition) is 2. The fourth-order valence-electron chi connectivity index (χ4n) is 2.86. The Hall–Kier alpha value is -1.55. The summed E-state index contributed by atoms with van der Waals surface area (Å²) in [5.74, 6) is 1.34. The van der Waals surface area contributed by atoms with Crippen LogP contribution in [0.1, 0.15) is 31.2 Å². The van der Waals surface area contributed by atoms with E-state index in [4.69, 9.17) is 10.5 Å². The van der Waals surface area contributed by atoms with Crippen LogP contribution in [0.5, 0.6) is 5.75 Å². The molecule has 0 bridgehead atoms. The Bertz CT molecular complexity index is 448. The zero-order valence-electron chi connectivity index (χ0n) is 12.1. The van der Waals surface area contributed by atoms with Crippen LogP contribution in [0.3, 0.4) is 0 Å². The molecule has 1 amide bonds. The molecule has 2 atom stereocenters. The lowest BCUT2D eigenvalue weighted by Crippen LogP contribution is -2.36. The van der Waals surface area contributed by atoms with Gasteiger partial charge in [-0.25, -0.2) is 0 Å². The molecule has 1 aliphatic rings. The van der Waals surface area contributed by atoms with Crippen molar-refractivity contribution in [2.24, 2.45) is 11.7 Å². The van der Waals surface area contributed by atoms with Crippen molar-refractivity contribution in [3.63, 3.8) is 0 Å². The second-order valence-corrected chi connectivity index (χ2v) is 5.59. The molecule has 0 heterocycles. The smallest absolute Gasteiger partial charge is 0.224 e. The third-order valence-corrected chi connectivity index (χ3v) is 3.95. The molecule has 20 heavy (non-hydrogen) atoms. The van der Waals surface area contributed by atoms with Gasteiger partial charge in [0.15, 0.2) is 0 Å². The predicted molar refractivity (Wildman–Crippen MR) is 79.6 cm³/mol. The lowest BCUT2D eigenvalue weighted by atomic mass is 9.86. The summed E-state index contributed by atoms with van der Waals surface area (Å²) in [7, 11) is 1.63. The maximum Gasteiger partial charge on any atom is 0.224 e. The Balaban J connectivity index is 1.80. The number of ether oxygens (including phenoxy) is 1. The molecule has 1 saturated carbocycles. The first-order valence-electron chi connectivity index (χ1n) is 7.33. The number of benzene rings is 1. The van der Waals surface area contributed by atoms with Crippen LogP contribution in [0.4, 0.5) is 0 Å². The number of carbonyl (C=O) groups is 1. The van der Waals surface area contributed by atoms with Crippen LogP contribution >= 0.6 is 0 Å². The van der Waals surface area contributed by atoms with Crippen LogP contribution in [0, 0.1) is 5.92 Å². The van der Waals surface area contributed by atoms with Crippen molar-refractivity contribution in [2.75, 3.05) is 13.7 Å². The lowest BCUT2D eigenvalue weighted by Gasteiger charge is -2.26. The highest BCUT2D eigenvalue weighted by atomic mass is 16.5. The van der Waals surface area contributed by atoms with Crippen molar-refractivity contribution < 1.29 is 9.53 Å². The van der Waals surface area contributed by atoms with E-state index < -0.39 is 0 Å². The van der Waals surface area contributed by atoms with Crippen molar-refractivity contribution in [1.29, 1.82) is 0 Å². The molecule has 4 nitrogen and oxygen atoms in total. The minimum absolute atomic E-state index is 0.0497. The first-order chi connectivity index (χ1) is 9.69. The monoisotopic (exact) mass is 276 g/mol. The third kappa shape index (κ3) is 4.23. The molecule has 0 saturated heterocycles. The van der Waals surface area contributed by atoms with Gasteiger partial charge in [0, 0.05) is 18.2 Å². The largest absolute Gasteiger partial charge is 0.496 e. The molecular formula is C16H24N2O2. The van der Waals surface area contributed by atoms with E-state index in [0.717, 1.165) is 30.7 Å². The summed E-state index contributed by atoms with van der Waals surface area (Å²) in [5, 5.41) is 3.02. The van der Waals surface area contributed by atoms with Crippen molar-refractivity contribution in [3.05, 3.63) is 29.8 Å². The molecule has 0 radical (unpaired) electrons. The molecule has 1 aliphatic carbocycles. The molecule has 0 aliphatic heterocycles. The summed E-state index contributed by atoms with van der Waals surface area (Å²) in [6.45, 7) is 0.738.